The van der Waals surface area contributed by atoms with Crippen LogP contribution >= 0.6 is 0 Å². The van der Waals surface area contributed by atoms with E-state index in [9.17, 15) is 9.59 Å². The first-order valence-electron chi connectivity index (χ1n) is 6.72. The largest absolute Gasteiger partial charge is 0.344 e. The molecule has 0 bridgehead atoms. The standard InChI is InChI=1S/C16H21N3O2/c1-5-6-17-15(20)10-19-16(21)18-9-14-12(3)7-11(2)8-13(14)4/h1,7-8H,6,9-10H2,2-4H3,(H,17,20)(H2,18,19,21). The molecular weight excluding hydrogens is 266 g/mol. The van der Waals surface area contributed by atoms with E-state index in [4.69, 9.17) is 6.42 Å². The van der Waals surface area contributed by atoms with E-state index >= 15 is 0 Å². The number of rotatable bonds is 5. The number of nitrogens with one attached hydrogen (secondary N) is 3. The molecule has 1 rings (SSSR count). The second kappa shape index (κ2) is 7.95. The van der Waals surface area contributed by atoms with Gasteiger partial charge in [-0.2, -0.15) is 0 Å². The Labute approximate surface area is 125 Å². The summed E-state index contributed by atoms with van der Waals surface area (Å²) in [6.45, 7) is 6.56. The fraction of sp³-hybridized carbons (Fsp3) is 0.375. The minimum absolute atomic E-state index is 0.0978. The lowest BCUT2D eigenvalue weighted by atomic mass is 10.00. The zero-order valence-electron chi connectivity index (χ0n) is 12.7. The van der Waals surface area contributed by atoms with Gasteiger partial charge in [0.1, 0.15) is 0 Å². The van der Waals surface area contributed by atoms with Gasteiger partial charge in [-0.15, -0.1) is 6.42 Å². The second-order valence-corrected chi connectivity index (χ2v) is 4.89. The topological polar surface area (TPSA) is 70.2 Å². The van der Waals surface area contributed by atoms with Gasteiger partial charge in [0.2, 0.25) is 5.91 Å². The molecule has 5 nitrogen and oxygen atoms in total. The summed E-state index contributed by atoms with van der Waals surface area (Å²) in [5.41, 5.74) is 4.56. The van der Waals surface area contributed by atoms with E-state index in [2.05, 4.69) is 34.0 Å². The van der Waals surface area contributed by atoms with E-state index in [0.29, 0.717) is 6.54 Å². The summed E-state index contributed by atoms with van der Waals surface area (Å²) in [7, 11) is 0. The minimum Gasteiger partial charge on any atom is -0.344 e. The molecule has 0 aliphatic carbocycles. The molecule has 0 unspecified atom stereocenters. The zero-order valence-corrected chi connectivity index (χ0v) is 12.7. The molecule has 1 aromatic rings. The van der Waals surface area contributed by atoms with Crippen LogP contribution in [0.3, 0.4) is 0 Å². The number of benzene rings is 1. The molecule has 0 heterocycles. The number of amides is 3. The van der Waals surface area contributed by atoms with Crippen LogP contribution in [-0.2, 0) is 11.3 Å². The van der Waals surface area contributed by atoms with Crippen LogP contribution in [0.2, 0.25) is 0 Å². The Kier molecular flexibility index (Phi) is 6.28. The number of aryl methyl sites for hydroxylation is 3. The smallest absolute Gasteiger partial charge is 0.315 e. The van der Waals surface area contributed by atoms with Crippen LogP contribution in [0.5, 0.6) is 0 Å². The van der Waals surface area contributed by atoms with Crippen molar-refractivity contribution in [1.82, 2.24) is 16.0 Å². The summed E-state index contributed by atoms with van der Waals surface area (Å²) in [6.07, 6.45) is 5.02. The molecule has 1 aromatic carbocycles. The molecule has 0 saturated heterocycles. The quantitative estimate of drug-likeness (QED) is 0.711. The van der Waals surface area contributed by atoms with Crippen molar-refractivity contribution in [2.45, 2.75) is 27.3 Å². The van der Waals surface area contributed by atoms with Crippen molar-refractivity contribution in [2.75, 3.05) is 13.1 Å². The maximum absolute atomic E-state index is 11.6. The summed E-state index contributed by atoms with van der Waals surface area (Å²) >= 11 is 0. The van der Waals surface area contributed by atoms with Gasteiger partial charge in [-0.25, -0.2) is 4.79 Å². The second-order valence-electron chi connectivity index (χ2n) is 4.89. The number of carbonyl (C=O) groups is 2. The molecule has 21 heavy (non-hydrogen) atoms. The van der Waals surface area contributed by atoms with Gasteiger partial charge in [0.15, 0.2) is 0 Å². The Balaban J connectivity index is 2.44. The summed E-state index contributed by atoms with van der Waals surface area (Å²) in [6, 6.07) is 3.77. The van der Waals surface area contributed by atoms with Crippen molar-refractivity contribution in [3.05, 3.63) is 34.4 Å². The number of urea groups is 1. The Hall–Kier alpha value is -2.48. The monoisotopic (exact) mass is 287 g/mol. The third-order valence-electron chi connectivity index (χ3n) is 3.06. The van der Waals surface area contributed by atoms with Crippen molar-refractivity contribution in [1.29, 1.82) is 0 Å². The predicted molar refractivity (Wildman–Crippen MR) is 82.7 cm³/mol. The number of terminal acetylenes is 1. The Morgan fingerprint density at radius 2 is 1.71 bits per heavy atom. The van der Waals surface area contributed by atoms with Gasteiger partial charge < -0.3 is 16.0 Å². The maximum atomic E-state index is 11.6. The fourth-order valence-electron chi connectivity index (χ4n) is 2.09. The van der Waals surface area contributed by atoms with Crippen LogP contribution in [-0.4, -0.2) is 25.0 Å². The predicted octanol–water partition coefficient (Wildman–Crippen LogP) is 1.16. The van der Waals surface area contributed by atoms with Crippen molar-refractivity contribution >= 4 is 11.9 Å². The first-order valence-corrected chi connectivity index (χ1v) is 6.72. The van der Waals surface area contributed by atoms with Gasteiger partial charge in [0.25, 0.3) is 0 Å². The van der Waals surface area contributed by atoms with Crippen molar-refractivity contribution in [3.63, 3.8) is 0 Å². The van der Waals surface area contributed by atoms with Crippen molar-refractivity contribution in [2.24, 2.45) is 0 Å². The van der Waals surface area contributed by atoms with E-state index in [1.165, 1.54) is 5.56 Å². The summed E-state index contributed by atoms with van der Waals surface area (Å²) < 4.78 is 0. The Morgan fingerprint density at radius 3 is 2.29 bits per heavy atom. The van der Waals surface area contributed by atoms with E-state index in [1.807, 2.05) is 20.8 Å². The van der Waals surface area contributed by atoms with E-state index in [0.717, 1.165) is 16.7 Å². The molecule has 3 N–H and O–H groups in total. The molecule has 0 aliphatic heterocycles. The average Bonchev–Trinajstić information content (AvgIpc) is 2.41. The minimum atomic E-state index is -0.384. The highest BCUT2D eigenvalue weighted by molar-refractivity contribution is 5.84. The summed E-state index contributed by atoms with van der Waals surface area (Å²) in [4.78, 5) is 22.9. The molecular formula is C16H21N3O2. The molecule has 0 fully saturated rings. The molecule has 3 amide bonds. The van der Waals surface area contributed by atoms with Gasteiger partial charge >= 0.3 is 6.03 Å². The zero-order chi connectivity index (χ0) is 15.8. The number of hydrogen-bond donors (Lipinski definition) is 3. The normalized spacial score (nSPS) is 9.62. The molecule has 0 atom stereocenters. The number of hydrogen-bond acceptors (Lipinski definition) is 2. The molecule has 0 aromatic heterocycles. The maximum Gasteiger partial charge on any atom is 0.315 e. The van der Waals surface area contributed by atoms with Crippen LogP contribution < -0.4 is 16.0 Å². The first kappa shape index (κ1) is 16.6. The molecule has 112 valence electrons. The van der Waals surface area contributed by atoms with Crippen LogP contribution in [0.1, 0.15) is 22.3 Å². The molecule has 0 radical (unpaired) electrons. The third kappa shape index (κ3) is 5.57. The van der Waals surface area contributed by atoms with E-state index in [-0.39, 0.29) is 25.0 Å². The van der Waals surface area contributed by atoms with Gasteiger partial charge in [0.05, 0.1) is 13.1 Å². The third-order valence-corrected chi connectivity index (χ3v) is 3.06. The lowest BCUT2D eigenvalue weighted by molar-refractivity contribution is -0.119. The van der Waals surface area contributed by atoms with Gasteiger partial charge in [-0.1, -0.05) is 23.6 Å². The summed E-state index contributed by atoms with van der Waals surface area (Å²) in [5, 5.41) is 7.69. The van der Waals surface area contributed by atoms with E-state index in [1.54, 1.807) is 0 Å². The highest BCUT2D eigenvalue weighted by Crippen LogP contribution is 2.15. The molecule has 0 spiro atoms. The molecule has 0 aliphatic rings. The molecule has 5 heteroatoms. The molecule has 0 saturated carbocycles. The highest BCUT2D eigenvalue weighted by Gasteiger charge is 2.07. The van der Waals surface area contributed by atoms with Crippen LogP contribution in [0, 0.1) is 33.1 Å². The summed E-state index contributed by atoms with van der Waals surface area (Å²) in [5.74, 6) is 1.98. The van der Waals surface area contributed by atoms with Gasteiger partial charge in [-0.3, -0.25) is 4.79 Å². The van der Waals surface area contributed by atoms with Crippen LogP contribution in [0.25, 0.3) is 0 Å². The van der Waals surface area contributed by atoms with Crippen molar-refractivity contribution in [3.8, 4) is 12.3 Å². The Morgan fingerprint density at radius 1 is 1.10 bits per heavy atom. The van der Waals surface area contributed by atoms with Crippen molar-refractivity contribution < 1.29 is 9.59 Å². The SMILES string of the molecule is C#CCNC(=O)CNC(=O)NCc1c(C)cc(C)cc1C. The van der Waals surface area contributed by atoms with Crippen LogP contribution in [0.4, 0.5) is 4.79 Å². The Bertz CT molecular complexity index is 550. The average molecular weight is 287 g/mol. The van der Waals surface area contributed by atoms with Gasteiger partial charge in [0, 0.05) is 6.54 Å². The fourth-order valence-corrected chi connectivity index (χ4v) is 2.09. The van der Waals surface area contributed by atoms with E-state index < -0.39 is 0 Å². The number of carbonyl (C=O) groups excluding carboxylic acids is 2. The van der Waals surface area contributed by atoms with Crippen LogP contribution in [0.15, 0.2) is 12.1 Å². The highest BCUT2D eigenvalue weighted by atomic mass is 16.2. The first-order chi connectivity index (χ1) is 9.93. The lowest BCUT2D eigenvalue weighted by Crippen LogP contribution is -2.42. The lowest BCUT2D eigenvalue weighted by Gasteiger charge is -2.13. The van der Waals surface area contributed by atoms with Gasteiger partial charge in [-0.05, 0) is 37.5 Å².